The molecular weight excluding hydrogens is 303 g/mol. The maximum Gasteiger partial charge on any atom is 0.133 e. The van der Waals surface area contributed by atoms with E-state index in [0.717, 1.165) is 15.9 Å². The molecule has 0 radical (unpaired) electrons. The fourth-order valence-electron chi connectivity index (χ4n) is 1.45. The smallest absolute Gasteiger partial charge is 0.133 e. The van der Waals surface area contributed by atoms with Crippen molar-refractivity contribution < 1.29 is 4.39 Å². The van der Waals surface area contributed by atoms with Gasteiger partial charge in [0, 0.05) is 15.4 Å². The summed E-state index contributed by atoms with van der Waals surface area (Å²) >= 11 is 4.71. The van der Waals surface area contributed by atoms with Crippen molar-refractivity contribution in [3.63, 3.8) is 0 Å². The van der Waals surface area contributed by atoms with Crippen molar-refractivity contribution in [2.75, 3.05) is 0 Å². The van der Waals surface area contributed by atoms with Crippen LogP contribution in [0.15, 0.2) is 28.1 Å². The van der Waals surface area contributed by atoms with Crippen LogP contribution in [0.5, 0.6) is 0 Å². The summed E-state index contributed by atoms with van der Waals surface area (Å²) in [5.74, 6) is -0.277. The number of hydrogen-bond donors (Lipinski definition) is 1. The van der Waals surface area contributed by atoms with Crippen molar-refractivity contribution in [2.45, 2.75) is 19.4 Å². The Labute approximate surface area is 112 Å². The predicted octanol–water partition coefficient (Wildman–Crippen LogP) is 4.12. The van der Waals surface area contributed by atoms with E-state index in [4.69, 9.17) is 5.73 Å². The van der Waals surface area contributed by atoms with Gasteiger partial charge in [0.25, 0.3) is 0 Å². The lowest BCUT2D eigenvalue weighted by Crippen LogP contribution is -2.07. The van der Waals surface area contributed by atoms with E-state index in [1.54, 1.807) is 12.1 Å². The summed E-state index contributed by atoms with van der Waals surface area (Å²) in [7, 11) is 0. The van der Waals surface area contributed by atoms with E-state index in [1.165, 1.54) is 17.4 Å². The zero-order valence-corrected chi connectivity index (χ0v) is 11.7. The molecule has 1 atom stereocenters. The quantitative estimate of drug-likeness (QED) is 0.925. The first-order valence-electron chi connectivity index (χ1n) is 5.28. The molecule has 2 rings (SSSR count). The number of halogens is 2. The molecule has 1 unspecified atom stereocenters. The Hall–Kier alpha value is -0.780. The van der Waals surface area contributed by atoms with Gasteiger partial charge in [-0.15, -0.1) is 11.3 Å². The van der Waals surface area contributed by atoms with Crippen molar-refractivity contribution in [3.8, 4) is 11.3 Å². The molecule has 5 heteroatoms. The summed E-state index contributed by atoms with van der Waals surface area (Å²) in [6.07, 6.45) is 0.829. The molecule has 0 bridgehead atoms. The molecule has 90 valence electrons. The van der Waals surface area contributed by atoms with E-state index in [9.17, 15) is 4.39 Å². The van der Waals surface area contributed by atoms with E-state index >= 15 is 0 Å². The summed E-state index contributed by atoms with van der Waals surface area (Å²) < 4.78 is 14.5. The van der Waals surface area contributed by atoms with Crippen LogP contribution in [0.3, 0.4) is 0 Å². The largest absolute Gasteiger partial charge is 0.322 e. The number of rotatable bonds is 3. The molecule has 0 fully saturated rings. The van der Waals surface area contributed by atoms with Crippen molar-refractivity contribution in [1.29, 1.82) is 0 Å². The van der Waals surface area contributed by atoms with Crippen molar-refractivity contribution in [1.82, 2.24) is 4.98 Å². The van der Waals surface area contributed by atoms with Crippen LogP contribution < -0.4 is 5.73 Å². The van der Waals surface area contributed by atoms with Gasteiger partial charge in [-0.25, -0.2) is 9.37 Å². The lowest BCUT2D eigenvalue weighted by atomic mass is 10.1. The number of aromatic nitrogens is 1. The topological polar surface area (TPSA) is 38.9 Å². The van der Waals surface area contributed by atoms with Crippen LogP contribution in [0.1, 0.15) is 24.4 Å². The molecule has 2 nitrogen and oxygen atoms in total. The van der Waals surface area contributed by atoms with E-state index < -0.39 is 0 Å². The minimum Gasteiger partial charge on any atom is -0.322 e. The predicted molar refractivity (Wildman–Crippen MR) is 72.4 cm³/mol. The first-order chi connectivity index (χ1) is 8.11. The Morgan fingerprint density at radius 3 is 2.94 bits per heavy atom. The van der Waals surface area contributed by atoms with Crippen LogP contribution in [0, 0.1) is 5.82 Å². The van der Waals surface area contributed by atoms with Crippen LogP contribution in [-0.4, -0.2) is 4.98 Å². The third kappa shape index (κ3) is 2.73. The second kappa shape index (κ2) is 5.25. The van der Waals surface area contributed by atoms with Gasteiger partial charge in [-0.2, -0.15) is 0 Å². The molecule has 0 aliphatic heterocycles. The molecule has 0 amide bonds. The average molecular weight is 315 g/mol. The van der Waals surface area contributed by atoms with Crippen molar-refractivity contribution in [3.05, 3.63) is 38.9 Å². The summed E-state index contributed by atoms with van der Waals surface area (Å²) in [5.41, 5.74) is 7.06. The Bertz CT molecular complexity index is 527. The monoisotopic (exact) mass is 314 g/mol. The highest BCUT2D eigenvalue weighted by atomic mass is 79.9. The third-order valence-electron chi connectivity index (χ3n) is 2.49. The molecule has 1 aromatic heterocycles. The molecule has 0 aliphatic carbocycles. The maximum atomic E-state index is 13.7. The minimum absolute atomic E-state index is 0.0627. The van der Waals surface area contributed by atoms with E-state index in [1.807, 2.05) is 12.3 Å². The molecule has 17 heavy (non-hydrogen) atoms. The Morgan fingerprint density at radius 1 is 1.53 bits per heavy atom. The van der Waals surface area contributed by atoms with E-state index in [0.29, 0.717) is 11.3 Å². The fourth-order valence-corrected chi connectivity index (χ4v) is 2.69. The van der Waals surface area contributed by atoms with Gasteiger partial charge >= 0.3 is 0 Å². The number of nitrogens with zero attached hydrogens (tertiary/aromatic N) is 1. The first kappa shape index (κ1) is 12.7. The van der Waals surface area contributed by atoms with E-state index in [-0.39, 0.29) is 11.9 Å². The Morgan fingerprint density at radius 2 is 2.29 bits per heavy atom. The SMILES string of the molecule is CCC(N)c1nc(-c2ccc(Br)cc2F)cs1. The van der Waals surface area contributed by atoms with Crippen LogP contribution in [0.4, 0.5) is 4.39 Å². The summed E-state index contributed by atoms with van der Waals surface area (Å²) in [6.45, 7) is 2.01. The van der Waals surface area contributed by atoms with Gasteiger partial charge in [0.2, 0.25) is 0 Å². The molecular formula is C12H12BrFN2S. The molecule has 1 aromatic carbocycles. The second-order valence-electron chi connectivity index (χ2n) is 3.71. The van der Waals surface area contributed by atoms with E-state index in [2.05, 4.69) is 20.9 Å². The molecule has 0 saturated carbocycles. The maximum absolute atomic E-state index is 13.7. The lowest BCUT2D eigenvalue weighted by Gasteiger charge is -2.03. The number of benzene rings is 1. The third-order valence-corrected chi connectivity index (χ3v) is 3.96. The minimum atomic E-state index is -0.277. The Kier molecular flexibility index (Phi) is 3.91. The average Bonchev–Trinajstić information content (AvgIpc) is 2.77. The molecule has 0 aliphatic rings. The lowest BCUT2D eigenvalue weighted by molar-refractivity contribution is 0.629. The van der Waals surface area contributed by atoms with Crippen molar-refractivity contribution >= 4 is 27.3 Å². The van der Waals surface area contributed by atoms with Gasteiger partial charge in [-0.05, 0) is 24.6 Å². The molecule has 0 saturated heterocycles. The van der Waals surface area contributed by atoms with Gasteiger partial charge in [0.05, 0.1) is 11.7 Å². The first-order valence-corrected chi connectivity index (χ1v) is 6.95. The standard InChI is InChI=1S/C12H12BrFN2S/c1-2-10(15)12-16-11(6-17-12)8-4-3-7(13)5-9(8)14/h3-6,10H,2,15H2,1H3. The van der Waals surface area contributed by atoms with Gasteiger partial charge in [-0.3, -0.25) is 0 Å². The van der Waals surface area contributed by atoms with Gasteiger partial charge in [0.15, 0.2) is 0 Å². The molecule has 2 N–H and O–H groups in total. The summed E-state index contributed by atoms with van der Waals surface area (Å²) in [5, 5.41) is 2.70. The zero-order valence-electron chi connectivity index (χ0n) is 9.28. The van der Waals surface area contributed by atoms with Crippen LogP contribution in [0.2, 0.25) is 0 Å². The highest BCUT2D eigenvalue weighted by molar-refractivity contribution is 9.10. The van der Waals surface area contributed by atoms with Gasteiger partial charge in [-0.1, -0.05) is 22.9 Å². The van der Waals surface area contributed by atoms with Gasteiger partial charge in [0.1, 0.15) is 10.8 Å². The highest BCUT2D eigenvalue weighted by Gasteiger charge is 2.12. The molecule has 1 heterocycles. The fraction of sp³-hybridized carbons (Fsp3) is 0.250. The second-order valence-corrected chi connectivity index (χ2v) is 5.52. The number of thiazole rings is 1. The summed E-state index contributed by atoms with van der Waals surface area (Å²) in [4.78, 5) is 4.38. The Balaban J connectivity index is 2.37. The number of hydrogen-bond acceptors (Lipinski definition) is 3. The molecule has 2 aromatic rings. The normalized spacial score (nSPS) is 12.7. The zero-order chi connectivity index (χ0) is 12.4. The summed E-state index contributed by atoms with van der Waals surface area (Å²) in [6, 6.07) is 4.90. The number of nitrogens with two attached hydrogens (primary N) is 1. The highest BCUT2D eigenvalue weighted by Crippen LogP contribution is 2.28. The van der Waals surface area contributed by atoms with Crippen LogP contribution in [0.25, 0.3) is 11.3 Å². The van der Waals surface area contributed by atoms with Gasteiger partial charge < -0.3 is 5.73 Å². The van der Waals surface area contributed by atoms with Crippen molar-refractivity contribution in [2.24, 2.45) is 5.73 Å². The molecule has 0 spiro atoms. The van der Waals surface area contributed by atoms with Crippen LogP contribution >= 0.6 is 27.3 Å². The van der Waals surface area contributed by atoms with Crippen LogP contribution in [-0.2, 0) is 0 Å².